The third-order valence-corrected chi connectivity index (χ3v) is 10.0. The number of aromatic nitrogens is 2. The number of phenolic OH excluding ortho intramolecular Hbond substituents is 1. The Bertz CT molecular complexity index is 2990. The minimum absolute atomic E-state index is 0.00703. The van der Waals surface area contributed by atoms with Crippen LogP contribution in [0.4, 0.5) is 11.4 Å². The number of pyridine rings is 2. The van der Waals surface area contributed by atoms with Gasteiger partial charge < -0.3 is 30.0 Å². The van der Waals surface area contributed by atoms with E-state index >= 15 is 0 Å². The normalized spacial score (nSPS) is 11.3. The summed E-state index contributed by atoms with van der Waals surface area (Å²) in [6.45, 7) is 3.17. The number of ketones is 1. The summed E-state index contributed by atoms with van der Waals surface area (Å²) in [5, 5.41) is 30.8. The number of hydrogen-bond acceptors (Lipinski definition) is 11. The number of aromatic carboxylic acids is 1. The molecule has 2 aliphatic rings. The molecule has 0 fully saturated rings. The molecule has 1 aliphatic carbocycles. The standard InChI is InChI=1S/C45H34N4O8/c1-23-20-30-38(27-10-4-5-11-28(27)44(53)54)29-16-19-37(51)31(21-46-34-12-6-8-25-14-17-33(24(2)50)48-39(25)34)42(29)57-43(30)32(41(23)52)22-47-35-13-7-9-26-15-18-36(45(55)56-3)49-40(26)35/h4-20,46-47,52H,21-22H2,1-3H3,(H,53,54). The fourth-order valence-electron chi connectivity index (χ4n) is 7.20. The van der Waals surface area contributed by atoms with E-state index in [1.807, 2.05) is 30.3 Å². The molecule has 12 heteroatoms. The van der Waals surface area contributed by atoms with Crippen LogP contribution in [0.3, 0.4) is 0 Å². The predicted molar refractivity (Wildman–Crippen MR) is 217 cm³/mol. The van der Waals surface area contributed by atoms with E-state index in [2.05, 4.69) is 20.6 Å². The fraction of sp³-hybridized carbons (Fsp3) is 0.111. The van der Waals surface area contributed by atoms with Gasteiger partial charge in [-0.25, -0.2) is 19.6 Å². The number of methoxy groups -OCH3 is 1. The predicted octanol–water partition coefficient (Wildman–Crippen LogP) is 8.59. The highest BCUT2D eigenvalue weighted by Gasteiger charge is 2.27. The lowest BCUT2D eigenvalue weighted by Gasteiger charge is -2.22. The van der Waals surface area contributed by atoms with Gasteiger partial charge in [-0.2, -0.15) is 0 Å². The Labute approximate surface area is 324 Å². The first-order chi connectivity index (χ1) is 27.5. The smallest absolute Gasteiger partial charge is 0.356 e. The minimum Gasteiger partial charge on any atom is -0.507 e. The number of benzene rings is 5. The summed E-state index contributed by atoms with van der Waals surface area (Å²) < 4.78 is 11.6. The lowest BCUT2D eigenvalue weighted by atomic mass is 9.88. The Kier molecular flexibility index (Phi) is 9.30. The third-order valence-electron chi connectivity index (χ3n) is 10.0. The number of nitrogens with one attached hydrogen (secondary N) is 2. The maximum absolute atomic E-state index is 13.8. The van der Waals surface area contributed by atoms with Crippen LogP contribution < -0.4 is 16.1 Å². The second-order valence-electron chi connectivity index (χ2n) is 13.5. The molecule has 0 atom stereocenters. The van der Waals surface area contributed by atoms with Gasteiger partial charge in [-0.05, 0) is 66.6 Å². The van der Waals surface area contributed by atoms with Crippen LogP contribution in [-0.4, -0.2) is 45.0 Å². The van der Waals surface area contributed by atoms with Gasteiger partial charge in [-0.1, -0.05) is 54.6 Å². The fourth-order valence-corrected chi connectivity index (χ4v) is 7.20. The number of Topliss-reactive ketones (excluding diaryl/α,β-unsaturated/α-hetero) is 1. The van der Waals surface area contributed by atoms with Gasteiger partial charge in [0.05, 0.1) is 46.2 Å². The zero-order valence-corrected chi connectivity index (χ0v) is 31.0. The van der Waals surface area contributed by atoms with Crippen molar-refractivity contribution in [3.63, 3.8) is 0 Å². The van der Waals surface area contributed by atoms with Crippen LogP contribution in [0.1, 0.15) is 54.9 Å². The zero-order valence-electron chi connectivity index (χ0n) is 31.0. The van der Waals surface area contributed by atoms with Crippen molar-refractivity contribution < 1.29 is 33.8 Å². The number of aromatic hydroxyl groups is 1. The summed E-state index contributed by atoms with van der Waals surface area (Å²) in [4.78, 5) is 60.1. The first kappa shape index (κ1) is 36.4. The molecule has 57 heavy (non-hydrogen) atoms. The van der Waals surface area contributed by atoms with Crippen molar-refractivity contribution in [2.24, 2.45) is 0 Å². The van der Waals surface area contributed by atoms with Gasteiger partial charge in [0.2, 0.25) is 0 Å². The first-order valence-electron chi connectivity index (χ1n) is 18.0. The molecule has 12 nitrogen and oxygen atoms in total. The molecule has 0 radical (unpaired) electrons. The molecule has 4 N–H and O–H groups in total. The van der Waals surface area contributed by atoms with Crippen molar-refractivity contribution in [3.8, 4) is 28.2 Å². The number of nitrogens with zero attached hydrogens (tertiary/aromatic N) is 2. The number of ether oxygens (including phenoxy) is 1. The molecule has 3 heterocycles. The Morgan fingerprint density at radius 3 is 2.04 bits per heavy atom. The van der Waals surface area contributed by atoms with Crippen molar-refractivity contribution in [2.45, 2.75) is 26.9 Å². The number of esters is 1. The Balaban J connectivity index is 1.33. The number of aryl methyl sites for hydroxylation is 1. The monoisotopic (exact) mass is 758 g/mol. The van der Waals surface area contributed by atoms with Gasteiger partial charge in [0.1, 0.15) is 28.5 Å². The number of carboxylic acid groups (broad SMARTS) is 1. The summed E-state index contributed by atoms with van der Waals surface area (Å²) in [6, 6.07) is 29.2. The number of fused-ring (bicyclic) bond motifs is 4. The van der Waals surface area contributed by atoms with Crippen molar-refractivity contribution in [2.75, 3.05) is 17.7 Å². The summed E-state index contributed by atoms with van der Waals surface area (Å²) in [5.41, 5.74) is 5.00. The molecule has 4 aromatic carbocycles. The quantitative estimate of drug-likeness (QED) is 0.0593. The number of carbonyl (C=O) groups excluding carboxylic acids is 2. The van der Waals surface area contributed by atoms with E-state index in [0.717, 1.165) is 10.8 Å². The van der Waals surface area contributed by atoms with Crippen LogP contribution in [0.15, 0.2) is 112 Å². The molecule has 0 saturated heterocycles. The number of hydrogen-bond donors (Lipinski definition) is 4. The first-order valence-corrected chi connectivity index (χ1v) is 18.0. The third kappa shape index (κ3) is 6.52. The van der Waals surface area contributed by atoms with E-state index in [-0.39, 0.29) is 58.2 Å². The Morgan fingerprint density at radius 2 is 1.39 bits per heavy atom. The van der Waals surface area contributed by atoms with E-state index in [1.165, 1.54) is 26.2 Å². The zero-order chi connectivity index (χ0) is 40.0. The lowest BCUT2D eigenvalue weighted by Crippen LogP contribution is -2.15. The number of carboxylic acids is 1. The molecular formula is C45H34N4O8. The van der Waals surface area contributed by atoms with Gasteiger partial charge in [0, 0.05) is 47.3 Å². The molecule has 0 bridgehead atoms. The van der Waals surface area contributed by atoms with Gasteiger partial charge in [0.15, 0.2) is 11.2 Å². The van der Waals surface area contributed by atoms with Gasteiger partial charge in [-0.15, -0.1) is 0 Å². The van der Waals surface area contributed by atoms with E-state index in [0.29, 0.717) is 61.3 Å². The van der Waals surface area contributed by atoms with Crippen molar-refractivity contribution >= 4 is 61.9 Å². The Hall–Kier alpha value is -7.60. The number of rotatable bonds is 10. The number of phenols is 1. The second-order valence-corrected chi connectivity index (χ2v) is 13.5. The lowest BCUT2D eigenvalue weighted by molar-refractivity contribution is 0.0593. The van der Waals surface area contributed by atoms with Gasteiger partial charge in [0.25, 0.3) is 0 Å². The SMILES string of the molecule is COC(=O)c1ccc2cccc(NCc3c(O)c(C)cc4c(-c5ccccc5C(=O)O)c5ccc(=O)c(CNc6cccc7ccc(C(C)=O)nc67)c-5oc34)c2n1. The highest BCUT2D eigenvalue weighted by atomic mass is 16.5. The van der Waals surface area contributed by atoms with E-state index in [4.69, 9.17) is 9.15 Å². The molecule has 282 valence electrons. The summed E-state index contributed by atoms with van der Waals surface area (Å²) in [6.07, 6.45) is 0. The van der Waals surface area contributed by atoms with Crippen LogP contribution in [0.2, 0.25) is 0 Å². The highest BCUT2D eigenvalue weighted by molar-refractivity contribution is 6.09. The molecule has 2 aromatic heterocycles. The van der Waals surface area contributed by atoms with Crippen LogP contribution in [0.5, 0.6) is 5.75 Å². The van der Waals surface area contributed by atoms with Crippen molar-refractivity contribution in [1.29, 1.82) is 0 Å². The number of para-hydroxylation sites is 2. The molecule has 1 aliphatic heterocycles. The molecule has 0 spiro atoms. The maximum Gasteiger partial charge on any atom is 0.356 e. The molecule has 0 amide bonds. The Morgan fingerprint density at radius 1 is 0.754 bits per heavy atom. The van der Waals surface area contributed by atoms with E-state index in [9.17, 15) is 29.4 Å². The van der Waals surface area contributed by atoms with Gasteiger partial charge >= 0.3 is 11.9 Å². The highest BCUT2D eigenvalue weighted by Crippen LogP contribution is 2.46. The van der Waals surface area contributed by atoms with Crippen LogP contribution >= 0.6 is 0 Å². The molecule has 6 aromatic rings. The van der Waals surface area contributed by atoms with E-state index in [1.54, 1.807) is 67.6 Å². The molecule has 8 rings (SSSR count). The van der Waals surface area contributed by atoms with Crippen molar-refractivity contribution in [1.82, 2.24) is 9.97 Å². The second kappa shape index (κ2) is 14.6. The summed E-state index contributed by atoms with van der Waals surface area (Å²) >= 11 is 0. The average molecular weight is 759 g/mol. The van der Waals surface area contributed by atoms with Crippen LogP contribution in [-0.2, 0) is 17.8 Å². The van der Waals surface area contributed by atoms with Crippen LogP contribution in [0.25, 0.3) is 55.2 Å². The topological polar surface area (TPSA) is 181 Å². The summed E-state index contributed by atoms with van der Waals surface area (Å²) in [5.74, 6) is -1.80. The molecular weight excluding hydrogens is 725 g/mol. The summed E-state index contributed by atoms with van der Waals surface area (Å²) in [7, 11) is 1.28. The largest absolute Gasteiger partial charge is 0.507 e. The average Bonchev–Trinajstić information content (AvgIpc) is 3.22. The molecule has 0 unspecified atom stereocenters. The maximum atomic E-state index is 13.8. The van der Waals surface area contributed by atoms with Gasteiger partial charge in [-0.3, -0.25) is 9.59 Å². The van der Waals surface area contributed by atoms with Crippen molar-refractivity contribution in [3.05, 3.63) is 147 Å². The number of anilines is 2. The number of carbonyl (C=O) groups is 3. The molecule has 0 saturated carbocycles. The van der Waals surface area contributed by atoms with E-state index < -0.39 is 11.9 Å². The van der Waals surface area contributed by atoms with Crippen LogP contribution in [0, 0.1) is 6.92 Å². The minimum atomic E-state index is -1.14.